The Morgan fingerprint density at radius 3 is 2.69 bits per heavy atom. The van der Waals surface area contributed by atoms with Crippen molar-refractivity contribution in [3.63, 3.8) is 0 Å². The Balaban J connectivity index is 0.000000396. The third kappa shape index (κ3) is 1.80. The molecule has 2 aromatic heterocycles. The highest BCUT2D eigenvalue weighted by Gasteiger charge is 1.96. The smallest absolute Gasteiger partial charge is 0.138 e. The van der Waals surface area contributed by atoms with Crippen LogP contribution in [0.3, 0.4) is 0 Å². The SMILES string of the molecule is CC.Cc1ccc2ncc(N)n2c1. The van der Waals surface area contributed by atoms with Crippen LogP contribution < -0.4 is 5.73 Å². The van der Waals surface area contributed by atoms with Crippen molar-refractivity contribution in [2.24, 2.45) is 0 Å². The monoisotopic (exact) mass is 177 g/mol. The largest absolute Gasteiger partial charge is 0.383 e. The summed E-state index contributed by atoms with van der Waals surface area (Å²) in [5.41, 5.74) is 7.72. The molecule has 2 rings (SSSR count). The fourth-order valence-electron chi connectivity index (χ4n) is 1.11. The molecule has 0 saturated carbocycles. The molecular weight excluding hydrogens is 162 g/mol. The van der Waals surface area contributed by atoms with E-state index in [1.54, 1.807) is 6.20 Å². The fraction of sp³-hybridized carbons (Fsp3) is 0.300. The van der Waals surface area contributed by atoms with E-state index in [0.29, 0.717) is 5.82 Å². The minimum absolute atomic E-state index is 0.684. The Morgan fingerprint density at radius 2 is 2.00 bits per heavy atom. The van der Waals surface area contributed by atoms with Gasteiger partial charge in [0.1, 0.15) is 11.5 Å². The lowest BCUT2D eigenvalue weighted by atomic mass is 10.3. The first-order chi connectivity index (χ1) is 6.27. The van der Waals surface area contributed by atoms with Gasteiger partial charge in [0, 0.05) is 6.20 Å². The van der Waals surface area contributed by atoms with Crippen molar-refractivity contribution in [3.8, 4) is 0 Å². The molecule has 0 bridgehead atoms. The molecule has 0 aromatic carbocycles. The Bertz CT molecular complexity index is 390. The molecule has 0 aliphatic rings. The van der Waals surface area contributed by atoms with Crippen LogP contribution in [-0.4, -0.2) is 9.38 Å². The summed E-state index contributed by atoms with van der Waals surface area (Å²) in [4.78, 5) is 4.10. The number of rotatable bonds is 0. The van der Waals surface area contributed by atoms with Gasteiger partial charge >= 0.3 is 0 Å². The first kappa shape index (κ1) is 9.58. The van der Waals surface area contributed by atoms with Crippen molar-refractivity contribution in [2.45, 2.75) is 20.8 Å². The summed E-state index contributed by atoms with van der Waals surface area (Å²) in [7, 11) is 0. The van der Waals surface area contributed by atoms with E-state index in [0.717, 1.165) is 5.65 Å². The van der Waals surface area contributed by atoms with Crippen LogP contribution in [0.1, 0.15) is 19.4 Å². The normalized spacial score (nSPS) is 9.46. The molecular formula is C10H15N3. The Kier molecular flexibility index (Phi) is 2.90. The van der Waals surface area contributed by atoms with Crippen LogP contribution in [0.2, 0.25) is 0 Å². The van der Waals surface area contributed by atoms with Crippen molar-refractivity contribution >= 4 is 11.5 Å². The van der Waals surface area contributed by atoms with Crippen LogP contribution >= 0.6 is 0 Å². The van der Waals surface area contributed by atoms with E-state index >= 15 is 0 Å². The third-order valence-corrected chi connectivity index (χ3v) is 1.68. The maximum absolute atomic E-state index is 5.65. The first-order valence-corrected chi connectivity index (χ1v) is 4.46. The quantitative estimate of drug-likeness (QED) is 0.670. The molecule has 0 radical (unpaired) electrons. The summed E-state index contributed by atoms with van der Waals surface area (Å²) in [5.74, 6) is 0.684. The molecule has 0 aliphatic heterocycles. The van der Waals surface area contributed by atoms with Crippen molar-refractivity contribution in [3.05, 3.63) is 30.1 Å². The average Bonchev–Trinajstić information content (AvgIpc) is 2.52. The van der Waals surface area contributed by atoms with Gasteiger partial charge < -0.3 is 5.73 Å². The first-order valence-electron chi connectivity index (χ1n) is 4.46. The molecule has 0 unspecified atom stereocenters. The lowest BCUT2D eigenvalue weighted by Crippen LogP contribution is -1.92. The van der Waals surface area contributed by atoms with Gasteiger partial charge in [0.25, 0.3) is 0 Å². The molecule has 2 aromatic rings. The van der Waals surface area contributed by atoms with Crippen molar-refractivity contribution < 1.29 is 0 Å². The maximum Gasteiger partial charge on any atom is 0.138 e. The maximum atomic E-state index is 5.65. The molecule has 0 amide bonds. The van der Waals surface area contributed by atoms with Gasteiger partial charge in [0.15, 0.2) is 0 Å². The zero-order valence-electron chi connectivity index (χ0n) is 8.28. The third-order valence-electron chi connectivity index (χ3n) is 1.68. The number of hydrogen-bond acceptors (Lipinski definition) is 2. The van der Waals surface area contributed by atoms with Gasteiger partial charge in [-0.1, -0.05) is 19.9 Å². The van der Waals surface area contributed by atoms with Crippen LogP contribution in [0.4, 0.5) is 5.82 Å². The van der Waals surface area contributed by atoms with Crippen molar-refractivity contribution in [2.75, 3.05) is 5.73 Å². The van der Waals surface area contributed by atoms with E-state index in [9.17, 15) is 0 Å². The van der Waals surface area contributed by atoms with Crippen molar-refractivity contribution in [1.29, 1.82) is 0 Å². The highest BCUT2D eigenvalue weighted by Crippen LogP contribution is 2.08. The molecule has 70 valence electrons. The summed E-state index contributed by atoms with van der Waals surface area (Å²) in [6.45, 7) is 6.03. The van der Waals surface area contributed by atoms with Crippen LogP contribution in [0, 0.1) is 6.92 Å². The lowest BCUT2D eigenvalue weighted by molar-refractivity contribution is 1.16. The summed E-state index contributed by atoms with van der Waals surface area (Å²) in [5, 5.41) is 0. The van der Waals surface area contributed by atoms with Crippen molar-refractivity contribution in [1.82, 2.24) is 9.38 Å². The van der Waals surface area contributed by atoms with E-state index < -0.39 is 0 Å². The Hall–Kier alpha value is -1.51. The summed E-state index contributed by atoms with van der Waals surface area (Å²) in [6, 6.07) is 3.97. The number of nitrogens with zero attached hydrogens (tertiary/aromatic N) is 2. The minimum Gasteiger partial charge on any atom is -0.383 e. The second kappa shape index (κ2) is 3.94. The van der Waals surface area contributed by atoms with Gasteiger partial charge in [0.2, 0.25) is 0 Å². The second-order valence-corrected chi connectivity index (χ2v) is 2.62. The van der Waals surface area contributed by atoms with E-state index in [2.05, 4.69) is 4.98 Å². The molecule has 2 heterocycles. The van der Waals surface area contributed by atoms with Gasteiger partial charge in [0.05, 0.1) is 6.20 Å². The lowest BCUT2D eigenvalue weighted by Gasteiger charge is -1.96. The summed E-state index contributed by atoms with van der Waals surface area (Å²) >= 11 is 0. The average molecular weight is 177 g/mol. The van der Waals surface area contributed by atoms with Gasteiger partial charge in [-0.3, -0.25) is 4.40 Å². The standard InChI is InChI=1S/C8H9N3.C2H6/c1-6-2-3-8-10-4-7(9)11(8)5-6;1-2/h2-5H,9H2,1H3;1-2H3. The molecule has 2 N–H and O–H groups in total. The molecule has 3 nitrogen and oxygen atoms in total. The van der Waals surface area contributed by atoms with Gasteiger partial charge in [-0.2, -0.15) is 0 Å². The van der Waals surface area contributed by atoms with Crippen LogP contribution in [0.15, 0.2) is 24.5 Å². The highest BCUT2D eigenvalue weighted by atomic mass is 15.1. The highest BCUT2D eigenvalue weighted by molar-refractivity contribution is 5.48. The van der Waals surface area contributed by atoms with E-state index in [-0.39, 0.29) is 0 Å². The zero-order valence-corrected chi connectivity index (χ0v) is 8.28. The predicted molar refractivity (Wildman–Crippen MR) is 55.7 cm³/mol. The molecule has 0 aliphatic carbocycles. The van der Waals surface area contributed by atoms with Crippen LogP contribution in [0.25, 0.3) is 5.65 Å². The molecule has 0 atom stereocenters. The number of nitrogens with two attached hydrogens (primary N) is 1. The van der Waals surface area contributed by atoms with Crippen LogP contribution in [0.5, 0.6) is 0 Å². The van der Waals surface area contributed by atoms with E-state index in [1.165, 1.54) is 5.56 Å². The summed E-state index contributed by atoms with van der Waals surface area (Å²) < 4.78 is 1.87. The molecule has 3 heteroatoms. The number of hydrogen-bond donors (Lipinski definition) is 1. The van der Waals surface area contributed by atoms with Crippen LogP contribution in [-0.2, 0) is 0 Å². The number of aromatic nitrogens is 2. The molecule has 0 spiro atoms. The zero-order chi connectivity index (χ0) is 9.84. The number of pyridine rings is 1. The molecule has 0 saturated heterocycles. The fourth-order valence-corrected chi connectivity index (χ4v) is 1.11. The number of imidazole rings is 1. The van der Waals surface area contributed by atoms with E-state index in [1.807, 2.05) is 43.5 Å². The predicted octanol–water partition coefficient (Wildman–Crippen LogP) is 2.25. The Morgan fingerprint density at radius 1 is 1.31 bits per heavy atom. The number of fused-ring (bicyclic) bond motifs is 1. The minimum atomic E-state index is 0.684. The topological polar surface area (TPSA) is 43.3 Å². The Labute approximate surface area is 78.2 Å². The van der Waals surface area contributed by atoms with Gasteiger partial charge in [-0.25, -0.2) is 4.98 Å². The molecule has 0 fully saturated rings. The number of anilines is 1. The summed E-state index contributed by atoms with van der Waals surface area (Å²) in [6.07, 6.45) is 3.63. The van der Waals surface area contributed by atoms with E-state index in [4.69, 9.17) is 5.73 Å². The number of nitrogen functional groups attached to an aromatic ring is 1. The second-order valence-electron chi connectivity index (χ2n) is 2.62. The van der Waals surface area contributed by atoms with Gasteiger partial charge in [-0.05, 0) is 18.6 Å². The molecule has 13 heavy (non-hydrogen) atoms. The van der Waals surface area contributed by atoms with Gasteiger partial charge in [-0.15, -0.1) is 0 Å². The number of aryl methyl sites for hydroxylation is 1.